The van der Waals surface area contributed by atoms with E-state index >= 15 is 0 Å². The molecule has 0 radical (unpaired) electrons. The van der Waals surface area contributed by atoms with Crippen molar-refractivity contribution in [1.82, 2.24) is 4.98 Å². The number of anilines is 1. The maximum atomic E-state index is 12.3. The molecule has 3 nitrogen and oxygen atoms in total. The molecule has 0 saturated heterocycles. The van der Waals surface area contributed by atoms with Gasteiger partial charge in [0.1, 0.15) is 0 Å². The summed E-state index contributed by atoms with van der Waals surface area (Å²) in [5.74, 6) is -0.326. The lowest BCUT2D eigenvalue weighted by Crippen LogP contribution is -2.13. The predicted molar refractivity (Wildman–Crippen MR) is 88.1 cm³/mol. The molecule has 0 saturated carbocycles. The number of carbonyl (C=O) groups excluding carboxylic acids is 1. The zero-order valence-electron chi connectivity index (χ0n) is 10.3. The first-order valence-corrected chi connectivity index (χ1v) is 8.24. The fraction of sp³-hybridized carbons (Fsp3) is 0.0769. The number of carbonyl (C=O) groups is 1. The standard InChI is InChI=1S/C13H9BrCl2N2OS/c1-20-8-2-3-10(15)9(5-8)13(19)18-11-4-7(14)6-17-12(11)16/h2-6H,1H3,(H,18,19). The molecule has 0 spiro atoms. The summed E-state index contributed by atoms with van der Waals surface area (Å²) < 4.78 is 0.723. The molecule has 20 heavy (non-hydrogen) atoms. The number of amides is 1. The fourth-order valence-corrected chi connectivity index (χ4v) is 2.63. The summed E-state index contributed by atoms with van der Waals surface area (Å²) in [4.78, 5) is 17.2. The molecule has 1 N–H and O–H groups in total. The zero-order chi connectivity index (χ0) is 14.7. The monoisotopic (exact) mass is 390 g/mol. The van der Waals surface area contributed by atoms with Crippen molar-refractivity contribution in [2.24, 2.45) is 0 Å². The lowest BCUT2D eigenvalue weighted by atomic mass is 10.2. The van der Waals surface area contributed by atoms with E-state index in [1.54, 1.807) is 24.4 Å². The molecule has 1 aromatic heterocycles. The first-order valence-electron chi connectivity index (χ1n) is 5.47. The number of nitrogens with zero attached hydrogens (tertiary/aromatic N) is 1. The van der Waals surface area contributed by atoms with Crippen molar-refractivity contribution in [3.8, 4) is 0 Å². The van der Waals surface area contributed by atoms with E-state index in [0.717, 1.165) is 9.37 Å². The summed E-state index contributed by atoms with van der Waals surface area (Å²) in [5.41, 5.74) is 0.825. The summed E-state index contributed by atoms with van der Waals surface area (Å²) in [6, 6.07) is 6.97. The molecule has 7 heteroatoms. The van der Waals surface area contributed by atoms with Crippen LogP contribution in [0.4, 0.5) is 5.69 Å². The van der Waals surface area contributed by atoms with Crippen molar-refractivity contribution in [2.75, 3.05) is 11.6 Å². The van der Waals surface area contributed by atoms with E-state index in [-0.39, 0.29) is 11.1 Å². The molecule has 0 aliphatic carbocycles. The minimum atomic E-state index is -0.326. The third kappa shape index (κ3) is 3.67. The number of rotatable bonds is 3. The van der Waals surface area contributed by atoms with Gasteiger partial charge in [-0.1, -0.05) is 23.2 Å². The van der Waals surface area contributed by atoms with Crippen molar-refractivity contribution in [1.29, 1.82) is 0 Å². The second-order valence-corrected chi connectivity index (χ2v) is 6.35. The topological polar surface area (TPSA) is 42.0 Å². The second kappa shape index (κ2) is 6.80. The van der Waals surface area contributed by atoms with E-state index in [2.05, 4.69) is 26.2 Å². The van der Waals surface area contributed by atoms with Crippen molar-refractivity contribution in [3.63, 3.8) is 0 Å². The van der Waals surface area contributed by atoms with Gasteiger partial charge in [0.25, 0.3) is 5.91 Å². The van der Waals surface area contributed by atoms with E-state index in [1.807, 2.05) is 12.3 Å². The molecule has 0 unspecified atom stereocenters. The summed E-state index contributed by atoms with van der Waals surface area (Å²) >= 11 is 16.8. The molecule has 104 valence electrons. The van der Waals surface area contributed by atoms with Gasteiger partial charge in [-0.05, 0) is 46.5 Å². The quantitative estimate of drug-likeness (QED) is 0.582. The van der Waals surface area contributed by atoms with Crippen LogP contribution < -0.4 is 5.32 Å². The van der Waals surface area contributed by atoms with E-state index in [4.69, 9.17) is 23.2 Å². The van der Waals surface area contributed by atoms with E-state index in [9.17, 15) is 4.79 Å². The normalized spacial score (nSPS) is 10.4. The SMILES string of the molecule is CSc1ccc(Cl)c(C(=O)Nc2cc(Br)cnc2Cl)c1. The van der Waals surface area contributed by atoms with Gasteiger partial charge in [0.15, 0.2) is 5.15 Å². The maximum Gasteiger partial charge on any atom is 0.257 e. The summed E-state index contributed by atoms with van der Waals surface area (Å²) in [6.07, 6.45) is 3.49. The molecule has 0 fully saturated rings. The number of hydrogen-bond donors (Lipinski definition) is 1. The van der Waals surface area contributed by atoms with E-state index in [1.165, 1.54) is 11.8 Å². The number of thioether (sulfide) groups is 1. The van der Waals surface area contributed by atoms with Crippen molar-refractivity contribution < 1.29 is 4.79 Å². The van der Waals surface area contributed by atoms with Crippen LogP contribution in [0.2, 0.25) is 10.2 Å². The fourth-order valence-electron chi connectivity index (χ4n) is 1.51. The van der Waals surface area contributed by atoms with Crippen LogP contribution in [0.25, 0.3) is 0 Å². The van der Waals surface area contributed by atoms with Crippen LogP contribution in [0.3, 0.4) is 0 Å². The van der Waals surface area contributed by atoms with Crippen LogP contribution in [-0.2, 0) is 0 Å². The number of nitrogens with one attached hydrogen (secondary N) is 1. The molecule has 1 aromatic carbocycles. The Hall–Kier alpha value is -0.750. The lowest BCUT2D eigenvalue weighted by molar-refractivity contribution is 0.102. The maximum absolute atomic E-state index is 12.3. The van der Waals surface area contributed by atoms with Gasteiger partial charge in [0.05, 0.1) is 16.3 Å². The summed E-state index contributed by atoms with van der Waals surface area (Å²) in [5, 5.41) is 3.31. The Morgan fingerprint density at radius 1 is 1.35 bits per heavy atom. The van der Waals surface area contributed by atoms with Crippen molar-refractivity contribution in [3.05, 3.63) is 50.7 Å². The van der Waals surface area contributed by atoms with Crippen LogP contribution in [0.15, 0.2) is 39.8 Å². The zero-order valence-corrected chi connectivity index (χ0v) is 14.2. The smallest absolute Gasteiger partial charge is 0.257 e. The lowest BCUT2D eigenvalue weighted by Gasteiger charge is -2.09. The Kier molecular flexibility index (Phi) is 5.32. The second-order valence-electron chi connectivity index (χ2n) is 3.79. The Labute approximate surface area is 139 Å². The van der Waals surface area contributed by atoms with Crippen LogP contribution in [-0.4, -0.2) is 17.1 Å². The van der Waals surface area contributed by atoms with Gasteiger partial charge in [-0.3, -0.25) is 4.79 Å². The molecule has 0 aliphatic rings. The molecule has 1 amide bonds. The number of pyridine rings is 1. The number of hydrogen-bond acceptors (Lipinski definition) is 3. The van der Waals surface area contributed by atoms with Crippen LogP contribution in [0.5, 0.6) is 0 Å². The Bertz CT molecular complexity index is 667. The molecular weight excluding hydrogens is 383 g/mol. The average Bonchev–Trinajstić information content (AvgIpc) is 2.43. The third-order valence-corrected chi connectivity index (χ3v) is 4.26. The van der Waals surface area contributed by atoms with Gasteiger partial charge in [0.2, 0.25) is 0 Å². The van der Waals surface area contributed by atoms with Crippen molar-refractivity contribution in [2.45, 2.75) is 4.90 Å². The van der Waals surface area contributed by atoms with Gasteiger partial charge >= 0.3 is 0 Å². The molecule has 2 rings (SSSR count). The summed E-state index contributed by atoms with van der Waals surface area (Å²) in [6.45, 7) is 0. The molecule has 0 bridgehead atoms. The largest absolute Gasteiger partial charge is 0.319 e. The Balaban J connectivity index is 2.30. The molecule has 2 aromatic rings. The number of benzene rings is 1. The average molecular weight is 392 g/mol. The minimum absolute atomic E-state index is 0.221. The predicted octanol–water partition coefficient (Wildman–Crippen LogP) is 5.13. The Morgan fingerprint density at radius 2 is 2.10 bits per heavy atom. The van der Waals surface area contributed by atoms with Crippen LogP contribution in [0.1, 0.15) is 10.4 Å². The van der Waals surface area contributed by atoms with Crippen LogP contribution >= 0.6 is 50.9 Å². The highest BCUT2D eigenvalue weighted by Crippen LogP contribution is 2.26. The first-order chi connectivity index (χ1) is 9.51. The minimum Gasteiger partial charge on any atom is -0.319 e. The highest BCUT2D eigenvalue weighted by Gasteiger charge is 2.13. The number of halogens is 3. The van der Waals surface area contributed by atoms with E-state index in [0.29, 0.717) is 16.3 Å². The van der Waals surface area contributed by atoms with Gasteiger partial charge < -0.3 is 5.32 Å². The first kappa shape index (κ1) is 15.6. The number of aromatic nitrogens is 1. The van der Waals surface area contributed by atoms with Crippen molar-refractivity contribution >= 4 is 62.5 Å². The van der Waals surface area contributed by atoms with Gasteiger partial charge in [-0.2, -0.15) is 0 Å². The highest BCUT2D eigenvalue weighted by atomic mass is 79.9. The van der Waals surface area contributed by atoms with E-state index < -0.39 is 0 Å². The van der Waals surface area contributed by atoms with Gasteiger partial charge in [-0.15, -0.1) is 11.8 Å². The Morgan fingerprint density at radius 3 is 2.80 bits per heavy atom. The molecular formula is C13H9BrCl2N2OS. The molecule has 0 atom stereocenters. The van der Waals surface area contributed by atoms with Crippen LogP contribution in [0, 0.1) is 0 Å². The summed E-state index contributed by atoms with van der Waals surface area (Å²) in [7, 11) is 0. The third-order valence-electron chi connectivity index (χ3n) is 2.47. The van der Waals surface area contributed by atoms with Gasteiger partial charge in [0, 0.05) is 15.6 Å². The highest BCUT2D eigenvalue weighted by molar-refractivity contribution is 9.10. The molecule has 0 aliphatic heterocycles. The molecule has 1 heterocycles. The van der Waals surface area contributed by atoms with Gasteiger partial charge in [-0.25, -0.2) is 4.98 Å².